The molecule has 0 radical (unpaired) electrons. The number of hydrogen-bond donors (Lipinski definition) is 0. The normalized spacial score (nSPS) is 17.3. The van der Waals surface area contributed by atoms with Crippen molar-refractivity contribution in [2.45, 2.75) is 52.5 Å². The average molecular weight is 421 g/mol. The van der Waals surface area contributed by atoms with Gasteiger partial charge in [-0.05, 0) is 95.4 Å². The molecule has 1 aliphatic carbocycles. The van der Waals surface area contributed by atoms with Gasteiger partial charge in [-0.2, -0.15) is 0 Å². The smallest absolute Gasteiger partial charge is 0.230 e. The van der Waals surface area contributed by atoms with Gasteiger partial charge < -0.3 is 14.7 Å². The highest BCUT2D eigenvalue weighted by atomic mass is 16.2. The minimum Gasteiger partial charge on any atom is -0.357 e. The lowest BCUT2D eigenvalue weighted by atomic mass is 9.98. The number of rotatable bonds is 6. The average Bonchev–Trinajstić information content (AvgIpc) is 3.62. The van der Waals surface area contributed by atoms with E-state index in [0.29, 0.717) is 12.6 Å². The molecule has 0 atom stereocenters. The number of aromatic nitrogens is 1. The van der Waals surface area contributed by atoms with Crippen LogP contribution in [0.15, 0.2) is 30.5 Å². The highest BCUT2D eigenvalue weighted by Crippen LogP contribution is 2.36. The zero-order chi connectivity index (χ0) is 22.1. The number of carbonyl (C=O) groups is 1. The summed E-state index contributed by atoms with van der Waals surface area (Å²) >= 11 is 0. The lowest BCUT2D eigenvalue weighted by Crippen LogP contribution is -2.42. The van der Waals surface area contributed by atoms with E-state index < -0.39 is 0 Å². The van der Waals surface area contributed by atoms with Gasteiger partial charge in [0, 0.05) is 49.0 Å². The van der Waals surface area contributed by atoms with Crippen LogP contribution in [0, 0.1) is 19.8 Å². The number of piperidine rings is 1. The predicted molar refractivity (Wildman–Crippen MR) is 129 cm³/mol. The first-order chi connectivity index (χ1) is 14.9. The van der Waals surface area contributed by atoms with Crippen molar-refractivity contribution in [1.82, 2.24) is 9.88 Å². The first kappa shape index (κ1) is 21.8. The minimum absolute atomic E-state index is 0.223. The number of pyridine rings is 1. The third-order valence-corrected chi connectivity index (χ3v) is 7.04. The maximum Gasteiger partial charge on any atom is 0.230 e. The van der Waals surface area contributed by atoms with Crippen molar-refractivity contribution in [3.63, 3.8) is 0 Å². The summed E-state index contributed by atoms with van der Waals surface area (Å²) in [5.41, 5.74) is 5.68. The van der Waals surface area contributed by atoms with E-state index in [0.717, 1.165) is 48.6 Å². The molecule has 1 saturated heterocycles. The largest absolute Gasteiger partial charge is 0.357 e. The quantitative estimate of drug-likeness (QED) is 0.681. The van der Waals surface area contributed by atoms with Gasteiger partial charge in [0.15, 0.2) is 0 Å². The van der Waals surface area contributed by atoms with Crippen LogP contribution in [-0.4, -0.2) is 55.6 Å². The van der Waals surface area contributed by atoms with Gasteiger partial charge in [-0.1, -0.05) is 6.07 Å². The minimum atomic E-state index is 0.223. The Morgan fingerprint density at radius 3 is 2.32 bits per heavy atom. The van der Waals surface area contributed by atoms with Gasteiger partial charge in [0.25, 0.3) is 0 Å². The molecule has 1 aromatic carbocycles. The van der Waals surface area contributed by atoms with Crippen molar-refractivity contribution in [3.05, 3.63) is 41.6 Å². The van der Waals surface area contributed by atoms with Crippen LogP contribution in [0.4, 0.5) is 11.5 Å². The van der Waals surface area contributed by atoms with Crippen LogP contribution in [0.3, 0.4) is 0 Å². The molecule has 2 aromatic rings. The fourth-order valence-electron chi connectivity index (χ4n) is 4.64. The van der Waals surface area contributed by atoms with Crippen LogP contribution < -0.4 is 9.80 Å². The Bertz CT molecular complexity index is 925. The van der Waals surface area contributed by atoms with Crippen molar-refractivity contribution in [1.29, 1.82) is 0 Å². The Morgan fingerprint density at radius 2 is 1.77 bits per heavy atom. The Labute approximate surface area is 187 Å². The maximum absolute atomic E-state index is 12.8. The summed E-state index contributed by atoms with van der Waals surface area (Å²) in [6.45, 7) is 9.14. The highest BCUT2D eigenvalue weighted by Gasteiger charge is 2.34. The second kappa shape index (κ2) is 8.99. The summed E-state index contributed by atoms with van der Waals surface area (Å²) in [5.74, 6) is 1.56. The molecule has 0 spiro atoms. The molecule has 166 valence electrons. The van der Waals surface area contributed by atoms with E-state index in [2.05, 4.69) is 68.9 Å². The fraction of sp³-hybridized carbons (Fsp3) is 0.538. The summed E-state index contributed by atoms with van der Waals surface area (Å²) < 4.78 is 0. The van der Waals surface area contributed by atoms with Gasteiger partial charge in [0.2, 0.25) is 5.91 Å². The molecule has 1 aliphatic heterocycles. The molecular formula is C26H36N4O. The molecule has 1 saturated carbocycles. The van der Waals surface area contributed by atoms with E-state index in [4.69, 9.17) is 4.98 Å². The molecule has 2 heterocycles. The summed E-state index contributed by atoms with van der Waals surface area (Å²) in [7, 11) is 4.34. The predicted octanol–water partition coefficient (Wildman–Crippen LogP) is 4.66. The van der Waals surface area contributed by atoms with Gasteiger partial charge in [-0.3, -0.25) is 4.79 Å². The van der Waals surface area contributed by atoms with Crippen molar-refractivity contribution in [2.75, 3.05) is 43.5 Å². The number of anilines is 2. The number of benzene rings is 1. The van der Waals surface area contributed by atoms with Crippen LogP contribution in [0.5, 0.6) is 0 Å². The summed E-state index contributed by atoms with van der Waals surface area (Å²) in [6, 6.07) is 9.38. The van der Waals surface area contributed by atoms with E-state index in [9.17, 15) is 4.79 Å². The van der Waals surface area contributed by atoms with E-state index in [1.807, 2.05) is 11.1 Å². The van der Waals surface area contributed by atoms with Crippen molar-refractivity contribution < 1.29 is 4.79 Å². The highest BCUT2D eigenvalue weighted by molar-refractivity contribution is 5.98. The maximum atomic E-state index is 12.8. The van der Waals surface area contributed by atoms with Crippen LogP contribution in [0.2, 0.25) is 0 Å². The van der Waals surface area contributed by atoms with Crippen molar-refractivity contribution >= 4 is 17.4 Å². The number of nitrogens with zero attached hydrogens (tertiary/aromatic N) is 4. The van der Waals surface area contributed by atoms with Crippen LogP contribution >= 0.6 is 0 Å². The van der Waals surface area contributed by atoms with Crippen LogP contribution in [0.25, 0.3) is 11.1 Å². The Morgan fingerprint density at radius 1 is 1.06 bits per heavy atom. The molecule has 0 N–H and O–H groups in total. The third kappa shape index (κ3) is 4.62. The molecule has 5 nitrogen and oxygen atoms in total. The second-order valence-corrected chi connectivity index (χ2v) is 9.38. The van der Waals surface area contributed by atoms with Crippen LogP contribution in [-0.2, 0) is 4.79 Å². The van der Waals surface area contributed by atoms with Gasteiger partial charge >= 0.3 is 0 Å². The van der Waals surface area contributed by atoms with E-state index in [-0.39, 0.29) is 11.8 Å². The molecule has 1 aromatic heterocycles. The molecule has 2 fully saturated rings. The zero-order valence-electron chi connectivity index (χ0n) is 19.7. The van der Waals surface area contributed by atoms with Crippen LogP contribution in [0.1, 0.15) is 43.7 Å². The summed E-state index contributed by atoms with van der Waals surface area (Å²) in [4.78, 5) is 24.3. The lowest BCUT2D eigenvalue weighted by molar-refractivity contribution is -0.119. The monoisotopic (exact) mass is 420 g/mol. The molecule has 5 heteroatoms. The number of aryl methyl sites for hydroxylation is 1. The first-order valence-electron chi connectivity index (χ1n) is 11.7. The fourth-order valence-corrected chi connectivity index (χ4v) is 4.64. The number of hydrogen-bond acceptors (Lipinski definition) is 4. The zero-order valence-corrected chi connectivity index (χ0v) is 19.7. The Kier molecular flexibility index (Phi) is 6.33. The Balaban J connectivity index is 1.55. The number of amides is 1. The number of carbonyl (C=O) groups excluding carboxylic acids is 1. The first-order valence-corrected chi connectivity index (χ1v) is 11.7. The molecule has 31 heavy (non-hydrogen) atoms. The van der Waals surface area contributed by atoms with E-state index in [1.165, 1.54) is 24.0 Å². The SMILES string of the molecule is CCN(C(=O)C1CC1)c1cc(-c2ccc(N3CCC(N(C)C)CC3)nc2)cc(C)c1C. The summed E-state index contributed by atoms with van der Waals surface area (Å²) in [6.07, 6.45) is 6.41. The van der Waals surface area contributed by atoms with Gasteiger partial charge in [0.05, 0.1) is 0 Å². The molecular weight excluding hydrogens is 384 g/mol. The topological polar surface area (TPSA) is 39.7 Å². The van der Waals surface area contributed by atoms with Gasteiger partial charge in [-0.25, -0.2) is 4.98 Å². The molecule has 1 amide bonds. The van der Waals surface area contributed by atoms with E-state index in [1.54, 1.807) is 0 Å². The third-order valence-electron chi connectivity index (χ3n) is 7.04. The van der Waals surface area contributed by atoms with Gasteiger partial charge in [-0.15, -0.1) is 0 Å². The second-order valence-electron chi connectivity index (χ2n) is 9.38. The van der Waals surface area contributed by atoms with Crippen molar-refractivity contribution in [3.8, 4) is 11.1 Å². The summed E-state index contributed by atoms with van der Waals surface area (Å²) in [5, 5.41) is 0. The van der Waals surface area contributed by atoms with Crippen molar-refractivity contribution in [2.24, 2.45) is 5.92 Å². The van der Waals surface area contributed by atoms with Gasteiger partial charge in [0.1, 0.15) is 5.82 Å². The Hall–Kier alpha value is -2.40. The standard InChI is InChI=1S/C26H36N4O/c1-6-30(26(31)20-7-8-20)24-16-22(15-18(2)19(24)3)21-9-10-25(27-17-21)29-13-11-23(12-14-29)28(4)5/h9-10,15-17,20,23H,6-8,11-14H2,1-5H3. The molecule has 4 rings (SSSR count). The molecule has 2 aliphatic rings. The molecule has 0 unspecified atom stereocenters. The molecule has 0 bridgehead atoms. The van der Waals surface area contributed by atoms with E-state index >= 15 is 0 Å². The lowest BCUT2D eigenvalue weighted by Gasteiger charge is -2.35.